The van der Waals surface area contributed by atoms with Gasteiger partial charge in [0.2, 0.25) is 0 Å². The molecule has 1 aliphatic rings. The molecule has 1 atom stereocenters. The molecule has 33 heavy (non-hydrogen) atoms. The predicted molar refractivity (Wildman–Crippen MR) is 135 cm³/mol. The Kier molecular flexibility index (Phi) is 6.88. The summed E-state index contributed by atoms with van der Waals surface area (Å²) in [5.41, 5.74) is 2.51. The van der Waals surface area contributed by atoms with Crippen LogP contribution >= 0.6 is 15.9 Å². The Morgan fingerprint density at radius 2 is 1.88 bits per heavy atom. The normalized spacial score (nSPS) is 16.6. The van der Waals surface area contributed by atoms with Crippen LogP contribution in [0.4, 0.5) is 11.4 Å². The number of benzene rings is 2. The van der Waals surface area contributed by atoms with Crippen LogP contribution in [-0.4, -0.2) is 59.3 Å². The average molecular weight is 512 g/mol. The Hall–Kier alpha value is -2.68. The zero-order valence-electron chi connectivity index (χ0n) is 19.2. The smallest absolute Gasteiger partial charge is 0.260 e. The first-order valence-corrected chi connectivity index (χ1v) is 11.9. The number of nitrogens with zero attached hydrogens (tertiary/aromatic N) is 3. The van der Waals surface area contributed by atoms with E-state index in [2.05, 4.69) is 61.4 Å². The highest BCUT2D eigenvalue weighted by Crippen LogP contribution is 2.35. The van der Waals surface area contributed by atoms with Crippen LogP contribution in [0.15, 0.2) is 59.3 Å². The van der Waals surface area contributed by atoms with Gasteiger partial charge in [-0.05, 0) is 69.3 Å². The number of anilines is 2. The number of carbonyl (C=O) groups is 1. The summed E-state index contributed by atoms with van der Waals surface area (Å²) in [4.78, 5) is 17.8. The molecule has 8 heteroatoms. The first-order valence-electron chi connectivity index (χ1n) is 11.1. The Bertz CT molecular complexity index is 1090. The van der Waals surface area contributed by atoms with Gasteiger partial charge in [0.05, 0.1) is 17.6 Å². The van der Waals surface area contributed by atoms with Gasteiger partial charge in [-0.3, -0.25) is 9.89 Å². The molecule has 0 radical (unpaired) electrons. The fraction of sp³-hybridized carbons (Fsp3) is 0.360. The van der Waals surface area contributed by atoms with Gasteiger partial charge in [0, 0.05) is 35.4 Å². The second-order valence-electron chi connectivity index (χ2n) is 8.93. The van der Waals surface area contributed by atoms with Gasteiger partial charge >= 0.3 is 0 Å². The van der Waals surface area contributed by atoms with Crippen molar-refractivity contribution in [1.82, 2.24) is 15.1 Å². The number of carbonyl (C=O) groups excluding carboxylic acids is 1. The molecule has 174 valence electrons. The van der Waals surface area contributed by atoms with Gasteiger partial charge < -0.3 is 20.2 Å². The van der Waals surface area contributed by atoms with Gasteiger partial charge in [0.15, 0.2) is 5.60 Å². The van der Waals surface area contributed by atoms with Crippen molar-refractivity contribution in [3.63, 3.8) is 0 Å². The fourth-order valence-corrected chi connectivity index (χ4v) is 4.52. The van der Waals surface area contributed by atoms with Crippen molar-refractivity contribution in [3.8, 4) is 11.1 Å². The molecule has 0 saturated carbocycles. The molecule has 1 fully saturated rings. The maximum atomic E-state index is 13.2. The minimum atomic E-state index is -1.67. The molecule has 0 aliphatic carbocycles. The van der Waals surface area contributed by atoms with Gasteiger partial charge in [-0.2, -0.15) is 5.10 Å². The van der Waals surface area contributed by atoms with Crippen LogP contribution in [-0.2, 0) is 10.4 Å². The minimum Gasteiger partial charge on any atom is -0.376 e. The third-order valence-electron chi connectivity index (χ3n) is 6.46. The molecule has 7 nitrogen and oxygen atoms in total. The van der Waals surface area contributed by atoms with E-state index in [0.29, 0.717) is 17.3 Å². The number of amides is 1. The quantitative estimate of drug-likeness (QED) is 0.461. The Morgan fingerprint density at radius 3 is 2.48 bits per heavy atom. The number of nitrogens with one attached hydrogen (secondary N) is 2. The standard InChI is InChI=1S/C25H30BrN5O2/c1-25(33,19-5-7-20(26)8-6-19)24(32)29-22-9-4-17(18-15-27-28-16-18)14-23(22)31-12-10-21(11-13-31)30(2)3/h4-9,14-16,21,33H,10-13H2,1-3H3,(H,27,28)(H,29,32)/t25-/m0/s1. The van der Waals surface area contributed by atoms with E-state index in [4.69, 9.17) is 0 Å². The first kappa shape index (κ1) is 23.5. The number of rotatable bonds is 6. The number of aromatic nitrogens is 2. The average Bonchev–Trinajstić information content (AvgIpc) is 3.34. The van der Waals surface area contributed by atoms with Crippen LogP contribution in [0.3, 0.4) is 0 Å². The summed E-state index contributed by atoms with van der Waals surface area (Å²) in [6.07, 6.45) is 5.74. The summed E-state index contributed by atoms with van der Waals surface area (Å²) in [7, 11) is 4.24. The van der Waals surface area contributed by atoms with Gasteiger partial charge in [-0.1, -0.05) is 34.1 Å². The summed E-state index contributed by atoms with van der Waals surface area (Å²) in [5, 5.41) is 21.0. The first-order chi connectivity index (χ1) is 15.8. The predicted octanol–water partition coefficient (Wildman–Crippen LogP) is 4.22. The summed E-state index contributed by atoms with van der Waals surface area (Å²) in [6.45, 7) is 3.31. The van der Waals surface area contributed by atoms with Crippen LogP contribution in [0.1, 0.15) is 25.3 Å². The van der Waals surface area contributed by atoms with Crippen molar-refractivity contribution in [2.45, 2.75) is 31.4 Å². The molecule has 0 unspecified atom stereocenters. The monoisotopic (exact) mass is 511 g/mol. The Balaban J connectivity index is 1.63. The van der Waals surface area contributed by atoms with E-state index in [0.717, 1.165) is 47.2 Å². The largest absolute Gasteiger partial charge is 0.376 e. The molecule has 3 N–H and O–H groups in total. The van der Waals surface area contributed by atoms with Crippen LogP contribution in [0.25, 0.3) is 11.1 Å². The van der Waals surface area contributed by atoms with E-state index >= 15 is 0 Å². The highest BCUT2D eigenvalue weighted by molar-refractivity contribution is 9.10. The molecule has 1 aliphatic heterocycles. The van der Waals surface area contributed by atoms with Crippen LogP contribution in [0, 0.1) is 0 Å². The lowest BCUT2D eigenvalue weighted by Crippen LogP contribution is -2.42. The summed E-state index contributed by atoms with van der Waals surface area (Å²) >= 11 is 3.40. The minimum absolute atomic E-state index is 0.467. The molecule has 1 aromatic heterocycles. The van der Waals surface area contributed by atoms with Crippen molar-refractivity contribution in [3.05, 3.63) is 64.9 Å². The summed E-state index contributed by atoms with van der Waals surface area (Å²) in [6, 6.07) is 13.6. The fourth-order valence-electron chi connectivity index (χ4n) is 4.26. The van der Waals surface area contributed by atoms with Crippen molar-refractivity contribution >= 4 is 33.2 Å². The number of aliphatic hydroxyl groups is 1. The zero-order valence-corrected chi connectivity index (χ0v) is 20.8. The van der Waals surface area contributed by atoms with E-state index in [9.17, 15) is 9.90 Å². The van der Waals surface area contributed by atoms with Crippen molar-refractivity contribution in [1.29, 1.82) is 0 Å². The summed E-state index contributed by atoms with van der Waals surface area (Å²) < 4.78 is 0.890. The van der Waals surface area contributed by atoms with Crippen molar-refractivity contribution < 1.29 is 9.90 Å². The highest BCUT2D eigenvalue weighted by atomic mass is 79.9. The second kappa shape index (κ2) is 9.67. The van der Waals surface area contributed by atoms with E-state index < -0.39 is 11.5 Å². The van der Waals surface area contributed by atoms with E-state index in [1.165, 1.54) is 6.92 Å². The number of aromatic amines is 1. The molecule has 0 bridgehead atoms. The number of hydrogen-bond acceptors (Lipinski definition) is 5. The number of hydrogen-bond donors (Lipinski definition) is 3. The Labute approximate surface area is 202 Å². The molecular weight excluding hydrogens is 482 g/mol. The molecule has 3 aromatic rings. The van der Waals surface area contributed by atoms with E-state index in [1.807, 2.05) is 30.5 Å². The molecule has 2 heterocycles. The third-order valence-corrected chi connectivity index (χ3v) is 6.99. The molecule has 0 spiro atoms. The van der Waals surface area contributed by atoms with Gasteiger partial charge in [-0.25, -0.2) is 0 Å². The van der Waals surface area contributed by atoms with Crippen molar-refractivity contribution in [2.75, 3.05) is 37.4 Å². The molecule has 2 aromatic carbocycles. The maximum Gasteiger partial charge on any atom is 0.260 e. The number of H-pyrrole nitrogens is 1. The van der Waals surface area contributed by atoms with Crippen LogP contribution in [0.5, 0.6) is 0 Å². The van der Waals surface area contributed by atoms with Crippen LogP contribution in [0.2, 0.25) is 0 Å². The SMILES string of the molecule is CN(C)C1CCN(c2cc(-c3cn[nH]c3)ccc2NC(=O)[C@@](C)(O)c2ccc(Br)cc2)CC1. The van der Waals surface area contributed by atoms with E-state index in [-0.39, 0.29) is 0 Å². The van der Waals surface area contributed by atoms with Gasteiger partial charge in [-0.15, -0.1) is 0 Å². The van der Waals surface area contributed by atoms with E-state index in [1.54, 1.807) is 18.3 Å². The van der Waals surface area contributed by atoms with Crippen LogP contribution < -0.4 is 10.2 Å². The summed E-state index contributed by atoms with van der Waals surface area (Å²) in [5.74, 6) is -0.467. The molecule has 1 saturated heterocycles. The number of halogens is 1. The molecule has 1 amide bonds. The third kappa shape index (κ3) is 5.13. The highest BCUT2D eigenvalue weighted by Gasteiger charge is 2.33. The van der Waals surface area contributed by atoms with Crippen molar-refractivity contribution in [2.24, 2.45) is 0 Å². The number of piperidine rings is 1. The second-order valence-corrected chi connectivity index (χ2v) is 9.85. The van der Waals surface area contributed by atoms with Gasteiger partial charge in [0.1, 0.15) is 0 Å². The lowest BCUT2D eigenvalue weighted by molar-refractivity contribution is -0.133. The zero-order chi connectivity index (χ0) is 23.6. The Morgan fingerprint density at radius 1 is 1.18 bits per heavy atom. The van der Waals surface area contributed by atoms with Gasteiger partial charge in [0.25, 0.3) is 5.91 Å². The molecule has 4 rings (SSSR count). The lowest BCUT2D eigenvalue weighted by Gasteiger charge is -2.37. The topological polar surface area (TPSA) is 84.5 Å². The lowest BCUT2D eigenvalue weighted by atomic mass is 9.95. The maximum absolute atomic E-state index is 13.2. The molecular formula is C25H30BrN5O2.